The molecular formula is C20H16O. The Balaban J connectivity index is 2.28. The summed E-state index contributed by atoms with van der Waals surface area (Å²) in [6, 6.07) is 21.5. The minimum atomic E-state index is 0.936. The highest BCUT2D eigenvalue weighted by molar-refractivity contribution is 6.14. The number of methoxy groups -OCH3 is 1. The number of benzene rings is 4. The number of hydrogen-bond donors (Lipinski definition) is 0. The van der Waals surface area contributed by atoms with Crippen molar-refractivity contribution >= 4 is 32.3 Å². The van der Waals surface area contributed by atoms with Gasteiger partial charge in [-0.05, 0) is 51.6 Å². The van der Waals surface area contributed by atoms with Gasteiger partial charge in [0.2, 0.25) is 0 Å². The molecule has 0 radical (unpaired) electrons. The summed E-state index contributed by atoms with van der Waals surface area (Å²) in [5, 5.41) is 7.63. The molecule has 0 amide bonds. The molecule has 0 saturated carbocycles. The summed E-state index contributed by atoms with van der Waals surface area (Å²) in [7, 11) is 1.73. The molecule has 4 aromatic rings. The van der Waals surface area contributed by atoms with E-state index in [0.29, 0.717) is 0 Å². The van der Waals surface area contributed by atoms with Crippen molar-refractivity contribution in [1.29, 1.82) is 0 Å². The lowest BCUT2D eigenvalue weighted by atomic mass is 9.94. The van der Waals surface area contributed by atoms with Crippen LogP contribution in [0.15, 0.2) is 60.7 Å². The van der Waals surface area contributed by atoms with Crippen molar-refractivity contribution in [3.05, 3.63) is 66.2 Å². The molecule has 1 heteroatoms. The van der Waals surface area contributed by atoms with Crippen LogP contribution < -0.4 is 4.74 Å². The molecule has 0 heterocycles. The Morgan fingerprint density at radius 2 is 1.43 bits per heavy atom. The van der Waals surface area contributed by atoms with E-state index in [1.807, 2.05) is 6.07 Å². The van der Waals surface area contributed by atoms with Crippen LogP contribution in [0.2, 0.25) is 0 Å². The maximum Gasteiger partial charge on any atom is 0.126 e. The van der Waals surface area contributed by atoms with Gasteiger partial charge in [0, 0.05) is 5.39 Å². The van der Waals surface area contributed by atoms with Crippen LogP contribution in [0.3, 0.4) is 0 Å². The molecule has 1 nitrogen and oxygen atoms in total. The Morgan fingerprint density at radius 1 is 0.667 bits per heavy atom. The van der Waals surface area contributed by atoms with E-state index in [1.54, 1.807) is 7.11 Å². The van der Waals surface area contributed by atoms with Crippen molar-refractivity contribution in [2.45, 2.75) is 6.92 Å². The van der Waals surface area contributed by atoms with Crippen molar-refractivity contribution in [2.75, 3.05) is 7.11 Å². The summed E-state index contributed by atoms with van der Waals surface area (Å²) < 4.78 is 5.54. The number of fused-ring (bicyclic) bond motifs is 4. The van der Waals surface area contributed by atoms with E-state index in [9.17, 15) is 0 Å². The number of rotatable bonds is 1. The normalized spacial score (nSPS) is 11.3. The van der Waals surface area contributed by atoms with Gasteiger partial charge in [0.05, 0.1) is 7.11 Å². The minimum Gasteiger partial charge on any atom is -0.496 e. The standard InChI is InChI=1S/C20H16O/c1-13-15-8-5-9-20(21-2)19(15)12-18-16(13)11-10-14-6-3-4-7-17(14)18/h3-12H,1-2H3. The predicted octanol–water partition coefficient (Wildman–Crippen LogP) is 5.46. The smallest absolute Gasteiger partial charge is 0.126 e. The van der Waals surface area contributed by atoms with E-state index in [1.165, 1.54) is 37.9 Å². The lowest BCUT2D eigenvalue weighted by Gasteiger charge is -2.12. The Labute approximate surface area is 123 Å². The van der Waals surface area contributed by atoms with Crippen molar-refractivity contribution in [1.82, 2.24) is 0 Å². The van der Waals surface area contributed by atoms with E-state index < -0.39 is 0 Å². The van der Waals surface area contributed by atoms with Gasteiger partial charge in [-0.3, -0.25) is 0 Å². The summed E-state index contributed by atoms with van der Waals surface area (Å²) in [4.78, 5) is 0. The van der Waals surface area contributed by atoms with E-state index in [2.05, 4.69) is 61.5 Å². The fourth-order valence-electron chi connectivity index (χ4n) is 3.27. The van der Waals surface area contributed by atoms with Crippen molar-refractivity contribution < 1.29 is 4.74 Å². The van der Waals surface area contributed by atoms with Gasteiger partial charge in [-0.1, -0.05) is 48.5 Å². The molecule has 4 rings (SSSR count). The van der Waals surface area contributed by atoms with Crippen LogP contribution in [0.25, 0.3) is 32.3 Å². The van der Waals surface area contributed by atoms with Gasteiger partial charge in [-0.2, -0.15) is 0 Å². The number of hydrogen-bond acceptors (Lipinski definition) is 1. The summed E-state index contributed by atoms with van der Waals surface area (Å²) in [5.41, 5.74) is 1.31. The molecule has 0 atom stereocenters. The first kappa shape index (κ1) is 12.2. The molecule has 4 aromatic carbocycles. The molecule has 0 aromatic heterocycles. The van der Waals surface area contributed by atoms with Gasteiger partial charge in [-0.25, -0.2) is 0 Å². The second kappa shape index (κ2) is 4.49. The number of aryl methyl sites for hydroxylation is 1. The minimum absolute atomic E-state index is 0.936. The Morgan fingerprint density at radius 3 is 2.29 bits per heavy atom. The molecule has 21 heavy (non-hydrogen) atoms. The van der Waals surface area contributed by atoms with Crippen LogP contribution in [0.5, 0.6) is 5.75 Å². The van der Waals surface area contributed by atoms with Gasteiger partial charge in [0.25, 0.3) is 0 Å². The average Bonchev–Trinajstić information content (AvgIpc) is 2.54. The topological polar surface area (TPSA) is 9.23 Å². The summed E-state index contributed by atoms with van der Waals surface area (Å²) >= 11 is 0. The Kier molecular flexibility index (Phi) is 2.61. The maximum atomic E-state index is 5.54. The van der Waals surface area contributed by atoms with E-state index in [-0.39, 0.29) is 0 Å². The predicted molar refractivity (Wildman–Crippen MR) is 90.2 cm³/mol. The molecule has 0 unspecified atom stereocenters. The van der Waals surface area contributed by atoms with E-state index in [4.69, 9.17) is 4.74 Å². The lowest BCUT2D eigenvalue weighted by molar-refractivity contribution is 0.420. The van der Waals surface area contributed by atoms with Crippen LogP contribution in [0.1, 0.15) is 5.56 Å². The molecule has 0 N–H and O–H groups in total. The van der Waals surface area contributed by atoms with E-state index in [0.717, 1.165) is 5.75 Å². The monoisotopic (exact) mass is 272 g/mol. The molecule has 102 valence electrons. The zero-order valence-electron chi connectivity index (χ0n) is 12.2. The van der Waals surface area contributed by atoms with Gasteiger partial charge in [0.15, 0.2) is 0 Å². The zero-order chi connectivity index (χ0) is 14.4. The molecule has 0 aliphatic carbocycles. The van der Waals surface area contributed by atoms with Crippen LogP contribution in [0, 0.1) is 6.92 Å². The average molecular weight is 272 g/mol. The Bertz CT molecular complexity index is 983. The molecular weight excluding hydrogens is 256 g/mol. The first-order valence-corrected chi connectivity index (χ1v) is 7.17. The third-order valence-electron chi connectivity index (χ3n) is 4.35. The third-order valence-corrected chi connectivity index (χ3v) is 4.35. The van der Waals surface area contributed by atoms with Gasteiger partial charge in [0.1, 0.15) is 5.75 Å². The fourth-order valence-corrected chi connectivity index (χ4v) is 3.27. The zero-order valence-corrected chi connectivity index (χ0v) is 12.2. The molecule has 0 aliphatic rings. The largest absolute Gasteiger partial charge is 0.496 e. The quantitative estimate of drug-likeness (QED) is 0.330. The molecule has 0 saturated heterocycles. The van der Waals surface area contributed by atoms with Crippen molar-refractivity contribution in [3.63, 3.8) is 0 Å². The van der Waals surface area contributed by atoms with Crippen LogP contribution in [-0.4, -0.2) is 7.11 Å². The lowest BCUT2D eigenvalue weighted by Crippen LogP contribution is -1.89. The van der Waals surface area contributed by atoms with E-state index >= 15 is 0 Å². The van der Waals surface area contributed by atoms with Gasteiger partial charge >= 0.3 is 0 Å². The highest BCUT2D eigenvalue weighted by Crippen LogP contribution is 2.36. The second-order valence-corrected chi connectivity index (χ2v) is 5.44. The van der Waals surface area contributed by atoms with Crippen molar-refractivity contribution in [2.24, 2.45) is 0 Å². The Hall–Kier alpha value is -2.54. The third kappa shape index (κ3) is 1.71. The maximum absolute atomic E-state index is 5.54. The SMILES string of the molecule is COc1cccc2c(C)c3ccc4ccccc4c3cc12. The molecule has 0 spiro atoms. The summed E-state index contributed by atoms with van der Waals surface area (Å²) in [5.74, 6) is 0.936. The highest BCUT2D eigenvalue weighted by Gasteiger charge is 2.09. The molecule has 0 bridgehead atoms. The summed E-state index contributed by atoms with van der Waals surface area (Å²) in [6.07, 6.45) is 0. The molecule has 0 fully saturated rings. The summed E-state index contributed by atoms with van der Waals surface area (Å²) in [6.45, 7) is 2.19. The highest BCUT2D eigenvalue weighted by atomic mass is 16.5. The second-order valence-electron chi connectivity index (χ2n) is 5.44. The fraction of sp³-hybridized carbons (Fsp3) is 0.100. The van der Waals surface area contributed by atoms with Gasteiger partial charge in [-0.15, -0.1) is 0 Å². The molecule has 0 aliphatic heterocycles. The van der Waals surface area contributed by atoms with Crippen LogP contribution in [0.4, 0.5) is 0 Å². The first-order valence-electron chi connectivity index (χ1n) is 7.17. The van der Waals surface area contributed by atoms with Crippen LogP contribution in [-0.2, 0) is 0 Å². The number of ether oxygens (including phenoxy) is 1. The van der Waals surface area contributed by atoms with Crippen LogP contribution >= 0.6 is 0 Å². The van der Waals surface area contributed by atoms with Crippen molar-refractivity contribution in [3.8, 4) is 5.75 Å². The van der Waals surface area contributed by atoms with Gasteiger partial charge < -0.3 is 4.74 Å². The first-order chi connectivity index (χ1) is 10.3.